The molecule has 1 N–H and O–H groups in total. The average Bonchev–Trinajstić information content (AvgIpc) is 3.10. The molecule has 2 aromatic carbocycles. The number of nitrogens with zero attached hydrogens (tertiary/aromatic N) is 1. The maximum atomic E-state index is 13.0. The molecular weight excluding hydrogens is 356 g/mol. The van der Waals surface area contributed by atoms with Crippen molar-refractivity contribution in [1.82, 2.24) is 10.2 Å². The van der Waals surface area contributed by atoms with Gasteiger partial charge in [-0.15, -0.1) is 11.8 Å². The average molecular weight is 373 g/mol. The molecule has 0 aromatic heterocycles. The lowest BCUT2D eigenvalue weighted by Crippen LogP contribution is -2.42. The number of fused-ring (bicyclic) bond motifs is 2. The van der Waals surface area contributed by atoms with Crippen LogP contribution in [-0.2, 0) is 16.8 Å². The maximum Gasteiger partial charge on any atom is 0.325 e. The molecule has 1 atom stereocenters. The van der Waals surface area contributed by atoms with Gasteiger partial charge in [-0.05, 0) is 48.2 Å². The molecule has 0 saturated carbocycles. The van der Waals surface area contributed by atoms with Crippen LogP contribution in [0.4, 0.5) is 4.79 Å². The van der Waals surface area contributed by atoms with Gasteiger partial charge in [0, 0.05) is 22.2 Å². The first-order valence-corrected chi connectivity index (χ1v) is 9.57. The van der Waals surface area contributed by atoms with Crippen molar-refractivity contribution >= 4 is 35.3 Å². The number of rotatable bonds is 4. The van der Waals surface area contributed by atoms with Gasteiger partial charge in [-0.25, -0.2) is 4.79 Å². The summed E-state index contributed by atoms with van der Waals surface area (Å²) in [5, 5.41) is 3.65. The Hall–Kier alpha value is -1.98. The summed E-state index contributed by atoms with van der Waals surface area (Å²) >= 11 is 7.49. The van der Waals surface area contributed by atoms with Crippen LogP contribution in [0.25, 0.3) is 0 Å². The molecule has 0 bridgehead atoms. The third kappa shape index (κ3) is 2.81. The number of thioether (sulfide) groups is 1. The summed E-state index contributed by atoms with van der Waals surface area (Å²) in [5.74, 6) is 0.526. The van der Waals surface area contributed by atoms with Crippen LogP contribution in [0.15, 0.2) is 53.4 Å². The zero-order valence-electron chi connectivity index (χ0n) is 13.5. The summed E-state index contributed by atoms with van der Waals surface area (Å²) in [4.78, 5) is 27.8. The lowest BCUT2D eigenvalue weighted by Gasteiger charge is -2.22. The number of halogens is 1. The number of urea groups is 1. The van der Waals surface area contributed by atoms with Gasteiger partial charge in [0.15, 0.2) is 0 Å². The highest BCUT2D eigenvalue weighted by Gasteiger charge is 2.54. The number of carbonyl (C=O) groups excluding carboxylic acids is 2. The summed E-state index contributed by atoms with van der Waals surface area (Å²) < 4.78 is 0. The van der Waals surface area contributed by atoms with Crippen molar-refractivity contribution in [3.05, 3.63) is 64.7 Å². The van der Waals surface area contributed by atoms with E-state index in [1.807, 2.05) is 48.5 Å². The van der Waals surface area contributed by atoms with Gasteiger partial charge >= 0.3 is 6.03 Å². The maximum absolute atomic E-state index is 13.0. The van der Waals surface area contributed by atoms with E-state index < -0.39 is 5.54 Å². The first kappa shape index (κ1) is 16.5. The molecule has 25 heavy (non-hydrogen) atoms. The molecule has 4 nitrogen and oxygen atoms in total. The fraction of sp³-hybridized carbons (Fsp3) is 0.263. The summed E-state index contributed by atoms with van der Waals surface area (Å²) in [6.07, 6.45) is 1.45. The lowest BCUT2D eigenvalue weighted by molar-refractivity contribution is -0.131. The number of amides is 3. The second-order valence-corrected chi connectivity index (χ2v) is 7.86. The minimum absolute atomic E-state index is 0.126. The minimum Gasteiger partial charge on any atom is -0.319 e. The predicted octanol–water partition coefficient (Wildman–Crippen LogP) is 3.83. The molecule has 1 unspecified atom stereocenters. The van der Waals surface area contributed by atoms with Crippen molar-refractivity contribution in [1.29, 1.82) is 0 Å². The van der Waals surface area contributed by atoms with E-state index >= 15 is 0 Å². The Labute approximate surface area is 155 Å². The van der Waals surface area contributed by atoms with E-state index in [0.29, 0.717) is 23.7 Å². The topological polar surface area (TPSA) is 49.4 Å². The molecule has 1 heterocycles. The zero-order valence-corrected chi connectivity index (χ0v) is 15.1. The van der Waals surface area contributed by atoms with Gasteiger partial charge in [0.2, 0.25) is 0 Å². The van der Waals surface area contributed by atoms with Crippen molar-refractivity contribution < 1.29 is 9.59 Å². The summed E-state index contributed by atoms with van der Waals surface area (Å²) in [5.41, 5.74) is 1.23. The number of benzene rings is 2. The molecule has 3 amide bonds. The molecule has 128 valence electrons. The summed E-state index contributed by atoms with van der Waals surface area (Å²) in [6, 6.07) is 15.1. The van der Waals surface area contributed by atoms with Crippen LogP contribution in [-0.4, -0.2) is 29.1 Å². The molecule has 2 aliphatic rings. The highest BCUT2D eigenvalue weighted by molar-refractivity contribution is 7.99. The number of imide groups is 1. The Morgan fingerprint density at radius 2 is 1.88 bits per heavy atom. The molecule has 1 saturated heterocycles. The van der Waals surface area contributed by atoms with Crippen LogP contribution >= 0.6 is 23.4 Å². The highest BCUT2D eigenvalue weighted by Crippen LogP contribution is 2.41. The van der Waals surface area contributed by atoms with Crippen LogP contribution in [0.2, 0.25) is 5.02 Å². The van der Waals surface area contributed by atoms with Crippen LogP contribution in [0.3, 0.4) is 0 Å². The number of aryl methyl sites for hydroxylation is 1. The first-order chi connectivity index (χ1) is 12.1. The van der Waals surface area contributed by atoms with Gasteiger partial charge < -0.3 is 5.32 Å². The molecule has 4 rings (SSSR count). The minimum atomic E-state index is -0.862. The Kier molecular flexibility index (Phi) is 4.21. The monoisotopic (exact) mass is 372 g/mol. The number of nitrogens with one attached hydrogen (secondary N) is 1. The van der Waals surface area contributed by atoms with Gasteiger partial charge in [-0.2, -0.15) is 0 Å². The summed E-state index contributed by atoms with van der Waals surface area (Å²) in [7, 11) is 0. The molecule has 1 fully saturated rings. The normalized spacial score (nSPS) is 21.7. The van der Waals surface area contributed by atoms with E-state index in [2.05, 4.69) is 5.32 Å². The largest absolute Gasteiger partial charge is 0.325 e. The van der Waals surface area contributed by atoms with Crippen molar-refractivity contribution in [3.63, 3.8) is 0 Å². The van der Waals surface area contributed by atoms with Crippen LogP contribution in [0.5, 0.6) is 0 Å². The zero-order chi connectivity index (χ0) is 17.4. The third-order valence-corrected chi connectivity index (χ3v) is 6.06. The van der Waals surface area contributed by atoms with E-state index in [1.165, 1.54) is 4.90 Å². The summed E-state index contributed by atoms with van der Waals surface area (Å²) in [6.45, 7) is 0.391. The quantitative estimate of drug-likeness (QED) is 0.655. The standard InChI is InChI=1S/C19H17ClN2O2S/c20-14-5-7-15(8-6-14)25-12-11-22-17(23)19(21-18(22)24)10-9-13-3-1-2-4-16(13)19/h1-8H,9-12H2,(H,21,24). The number of carbonyl (C=O) groups is 2. The predicted molar refractivity (Wildman–Crippen MR) is 98.9 cm³/mol. The smallest absolute Gasteiger partial charge is 0.319 e. The van der Waals surface area contributed by atoms with Gasteiger partial charge in [0.05, 0.1) is 0 Å². The highest BCUT2D eigenvalue weighted by atomic mass is 35.5. The second-order valence-electron chi connectivity index (χ2n) is 6.25. The van der Waals surface area contributed by atoms with E-state index in [4.69, 9.17) is 11.6 Å². The fourth-order valence-electron chi connectivity index (χ4n) is 3.58. The molecule has 1 aliphatic heterocycles. The van der Waals surface area contributed by atoms with Crippen LogP contribution < -0.4 is 5.32 Å². The Morgan fingerprint density at radius 1 is 1.12 bits per heavy atom. The SMILES string of the molecule is O=C1NC2(CCc3ccccc32)C(=O)N1CCSc1ccc(Cl)cc1. The van der Waals surface area contributed by atoms with E-state index in [9.17, 15) is 9.59 Å². The van der Waals surface area contributed by atoms with E-state index in [0.717, 1.165) is 22.4 Å². The molecule has 2 aromatic rings. The number of hydrogen-bond acceptors (Lipinski definition) is 3. The van der Waals surface area contributed by atoms with Crippen molar-refractivity contribution in [2.75, 3.05) is 12.3 Å². The van der Waals surface area contributed by atoms with Gasteiger partial charge in [-0.1, -0.05) is 35.9 Å². The molecule has 0 radical (unpaired) electrons. The van der Waals surface area contributed by atoms with Crippen molar-refractivity contribution in [2.45, 2.75) is 23.3 Å². The van der Waals surface area contributed by atoms with E-state index in [-0.39, 0.29) is 11.9 Å². The first-order valence-electron chi connectivity index (χ1n) is 8.21. The number of hydrogen-bond donors (Lipinski definition) is 1. The third-order valence-electron chi connectivity index (χ3n) is 4.82. The molecule has 1 aliphatic carbocycles. The van der Waals surface area contributed by atoms with Crippen LogP contribution in [0, 0.1) is 0 Å². The Balaban J connectivity index is 1.46. The van der Waals surface area contributed by atoms with Gasteiger partial charge in [-0.3, -0.25) is 9.69 Å². The molecule has 6 heteroatoms. The van der Waals surface area contributed by atoms with Gasteiger partial charge in [0.25, 0.3) is 5.91 Å². The van der Waals surface area contributed by atoms with Crippen molar-refractivity contribution in [2.24, 2.45) is 0 Å². The molecular formula is C19H17ClN2O2S. The van der Waals surface area contributed by atoms with Crippen molar-refractivity contribution in [3.8, 4) is 0 Å². The second kappa shape index (κ2) is 6.39. The lowest BCUT2D eigenvalue weighted by atomic mass is 9.92. The van der Waals surface area contributed by atoms with E-state index in [1.54, 1.807) is 11.8 Å². The Morgan fingerprint density at radius 3 is 2.68 bits per heavy atom. The van der Waals surface area contributed by atoms with Gasteiger partial charge in [0.1, 0.15) is 5.54 Å². The fourth-order valence-corrected chi connectivity index (χ4v) is 4.54. The Bertz CT molecular complexity index is 840. The van der Waals surface area contributed by atoms with Crippen LogP contribution in [0.1, 0.15) is 17.5 Å². The molecule has 1 spiro atoms.